The number of nitrogens with zero attached hydrogens (tertiary/aromatic N) is 2. The molecule has 1 aliphatic heterocycles. The van der Waals surface area contributed by atoms with Gasteiger partial charge in [-0.25, -0.2) is 4.98 Å². The number of aryl methyl sites for hydroxylation is 1. The van der Waals surface area contributed by atoms with E-state index in [0.29, 0.717) is 19.8 Å². The first-order valence-corrected chi connectivity index (χ1v) is 8.79. The zero-order valence-corrected chi connectivity index (χ0v) is 14.6. The van der Waals surface area contributed by atoms with Gasteiger partial charge < -0.3 is 19.4 Å². The van der Waals surface area contributed by atoms with Crippen LogP contribution in [0.15, 0.2) is 42.7 Å². The van der Waals surface area contributed by atoms with Crippen LogP contribution in [-0.4, -0.2) is 40.8 Å². The minimum atomic E-state index is -0.126. The molecular weight excluding hydrogens is 318 g/mol. The summed E-state index contributed by atoms with van der Waals surface area (Å²) in [5.74, 6) is 0.864. The molecule has 1 fully saturated rings. The van der Waals surface area contributed by atoms with E-state index < -0.39 is 0 Å². The number of carbonyl (C=O) groups excluding carboxylic acids is 1. The van der Waals surface area contributed by atoms with Gasteiger partial charge in [0.15, 0.2) is 0 Å². The third-order valence-corrected chi connectivity index (χ3v) is 4.38. The maximum Gasteiger partial charge on any atom is 0.240 e. The lowest BCUT2D eigenvalue weighted by Gasteiger charge is -2.32. The van der Waals surface area contributed by atoms with Crippen molar-refractivity contribution in [2.45, 2.75) is 45.1 Å². The highest BCUT2D eigenvalue weighted by atomic mass is 16.5. The number of carbonyl (C=O) groups is 1. The number of benzene rings is 1. The minimum Gasteiger partial charge on any atom is -0.379 e. The number of nitrogens with one attached hydrogen (secondary N) is 1. The molecular formula is C19H25N3O3. The first-order chi connectivity index (χ1) is 12.3. The van der Waals surface area contributed by atoms with Crippen molar-refractivity contribution < 1.29 is 14.3 Å². The standard InChI is InChI=1S/C19H25N3O3/c1-2-18-20-9-10-22(18)12-19(23)21-16-14-24-11-8-17(16)25-13-15-6-4-3-5-7-15/h3-7,9-10,16-17H,2,8,11-14H2,1H3,(H,21,23)/t16-,17+/m1/s1. The van der Waals surface area contributed by atoms with Crippen LogP contribution in [0.2, 0.25) is 0 Å². The fraction of sp³-hybridized carbons (Fsp3) is 0.474. The van der Waals surface area contributed by atoms with Crippen LogP contribution in [0.1, 0.15) is 24.7 Å². The zero-order valence-electron chi connectivity index (χ0n) is 14.6. The number of amides is 1. The van der Waals surface area contributed by atoms with Crippen LogP contribution in [0.3, 0.4) is 0 Å². The number of rotatable bonds is 7. The molecule has 1 amide bonds. The zero-order chi connectivity index (χ0) is 17.5. The lowest BCUT2D eigenvalue weighted by atomic mass is 10.1. The monoisotopic (exact) mass is 343 g/mol. The molecule has 2 aromatic rings. The summed E-state index contributed by atoms with van der Waals surface area (Å²) in [5.41, 5.74) is 1.13. The normalized spacial score (nSPS) is 20.4. The van der Waals surface area contributed by atoms with E-state index in [1.807, 2.05) is 48.0 Å². The predicted octanol–water partition coefficient (Wildman–Crippen LogP) is 1.94. The van der Waals surface area contributed by atoms with Crippen LogP contribution in [0, 0.1) is 0 Å². The smallest absolute Gasteiger partial charge is 0.240 e. The molecule has 3 rings (SSSR count). The summed E-state index contributed by atoms with van der Waals surface area (Å²) in [5, 5.41) is 3.06. The highest BCUT2D eigenvalue weighted by Crippen LogP contribution is 2.14. The number of imidazole rings is 1. The summed E-state index contributed by atoms with van der Waals surface area (Å²) >= 11 is 0. The second-order valence-corrected chi connectivity index (χ2v) is 6.20. The number of hydrogen-bond acceptors (Lipinski definition) is 4. The molecule has 2 heterocycles. The molecule has 6 nitrogen and oxygen atoms in total. The minimum absolute atomic E-state index is 0.0358. The molecule has 0 saturated carbocycles. The van der Waals surface area contributed by atoms with Gasteiger partial charge in [-0.3, -0.25) is 4.79 Å². The van der Waals surface area contributed by atoms with E-state index in [1.165, 1.54) is 0 Å². The molecule has 25 heavy (non-hydrogen) atoms. The van der Waals surface area contributed by atoms with Crippen LogP contribution in [-0.2, 0) is 33.8 Å². The van der Waals surface area contributed by atoms with Crippen LogP contribution in [0.5, 0.6) is 0 Å². The highest BCUT2D eigenvalue weighted by molar-refractivity contribution is 5.76. The summed E-state index contributed by atoms with van der Waals surface area (Å²) in [7, 11) is 0. The summed E-state index contributed by atoms with van der Waals surface area (Å²) in [6.07, 6.45) is 5.10. The first kappa shape index (κ1) is 17.6. The molecule has 0 aliphatic carbocycles. The summed E-state index contributed by atoms with van der Waals surface area (Å²) in [4.78, 5) is 16.6. The van der Waals surface area contributed by atoms with E-state index in [1.54, 1.807) is 6.20 Å². The van der Waals surface area contributed by atoms with Gasteiger partial charge in [0.2, 0.25) is 5.91 Å². The van der Waals surface area contributed by atoms with Crippen molar-refractivity contribution in [3.05, 3.63) is 54.1 Å². The van der Waals surface area contributed by atoms with Crippen LogP contribution in [0.4, 0.5) is 0 Å². The van der Waals surface area contributed by atoms with Crippen molar-refractivity contribution in [3.63, 3.8) is 0 Å². The van der Waals surface area contributed by atoms with E-state index in [4.69, 9.17) is 9.47 Å². The summed E-state index contributed by atoms with van der Waals surface area (Å²) in [6.45, 7) is 3.98. The number of aromatic nitrogens is 2. The van der Waals surface area contributed by atoms with Gasteiger partial charge in [-0.2, -0.15) is 0 Å². The van der Waals surface area contributed by atoms with Gasteiger partial charge >= 0.3 is 0 Å². The second-order valence-electron chi connectivity index (χ2n) is 6.20. The molecule has 0 spiro atoms. The Balaban J connectivity index is 1.54. The van der Waals surface area contributed by atoms with Gasteiger partial charge in [0.1, 0.15) is 12.4 Å². The quantitative estimate of drug-likeness (QED) is 0.834. The van der Waals surface area contributed by atoms with Gasteiger partial charge in [0, 0.05) is 25.4 Å². The van der Waals surface area contributed by atoms with Crippen molar-refractivity contribution in [2.24, 2.45) is 0 Å². The maximum atomic E-state index is 12.4. The van der Waals surface area contributed by atoms with E-state index in [2.05, 4.69) is 10.3 Å². The molecule has 0 bridgehead atoms. The first-order valence-electron chi connectivity index (χ1n) is 8.79. The molecule has 6 heteroatoms. The van der Waals surface area contributed by atoms with Crippen LogP contribution < -0.4 is 5.32 Å². The third kappa shape index (κ3) is 4.90. The van der Waals surface area contributed by atoms with E-state index in [0.717, 1.165) is 24.2 Å². The second kappa shape index (κ2) is 8.78. The predicted molar refractivity (Wildman–Crippen MR) is 94.0 cm³/mol. The highest BCUT2D eigenvalue weighted by Gasteiger charge is 2.28. The fourth-order valence-corrected chi connectivity index (χ4v) is 3.04. The topological polar surface area (TPSA) is 65.4 Å². The van der Waals surface area contributed by atoms with Crippen LogP contribution >= 0.6 is 0 Å². The molecule has 1 saturated heterocycles. The van der Waals surface area contributed by atoms with Gasteiger partial charge in [-0.15, -0.1) is 0 Å². The lowest BCUT2D eigenvalue weighted by molar-refractivity contribution is -0.127. The Kier molecular flexibility index (Phi) is 6.19. The van der Waals surface area contributed by atoms with Gasteiger partial charge in [-0.05, 0) is 12.0 Å². The third-order valence-electron chi connectivity index (χ3n) is 4.38. The molecule has 1 aliphatic rings. The fourth-order valence-electron chi connectivity index (χ4n) is 3.04. The van der Waals surface area contributed by atoms with Crippen molar-refractivity contribution in [2.75, 3.05) is 13.2 Å². The molecule has 134 valence electrons. The Bertz CT molecular complexity index is 672. The van der Waals surface area contributed by atoms with E-state index in [-0.39, 0.29) is 24.6 Å². The Labute approximate surface area is 148 Å². The van der Waals surface area contributed by atoms with Gasteiger partial charge in [0.05, 0.1) is 25.4 Å². The van der Waals surface area contributed by atoms with Crippen molar-refractivity contribution in [1.29, 1.82) is 0 Å². The van der Waals surface area contributed by atoms with Gasteiger partial charge in [-0.1, -0.05) is 37.3 Å². The molecule has 1 aromatic heterocycles. The maximum absolute atomic E-state index is 12.4. The number of ether oxygens (including phenoxy) is 2. The SMILES string of the molecule is CCc1nccn1CC(=O)N[C@@H]1COCC[C@@H]1OCc1ccccc1. The van der Waals surface area contributed by atoms with E-state index in [9.17, 15) is 4.79 Å². The lowest BCUT2D eigenvalue weighted by Crippen LogP contribution is -2.51. The van der Waals surface area contributed by atoms with E-state index >= 15 is 0 Å². The Morgan fingerprint density at radius 3 is 3.04 bits per heavy atom. The molecule has 0 unspecified atom stereocenters. The summed E-state index contributed by atoms with van der Waals surface area (Å²) < 4.78 is 13.5. The van der Waals surface area contributed by atoms with Crippen LogP contribution in [0.25, 0.3) is 0 Å². The average Bonchev–Trinajstić information content (AvgIpc) is 3.09. The molecule has 1 aromatic carbocycles. The molecule has 1 N–H and O–H groups in total. The summed E-state index contributed by atoms with van der Waals surface area (Å²) in [6, 6.07) is 9.94. The molecule has 2 atom stereocenters. The Morgan fingerprint density at radius 1 is 1.40 bits per heavy atom. The average molecular weight is 343 g/mol. The molecule has 0 radical (unpaired) electrons. The van der Waals surface area contributed by atoms with Crippen molar-refractivity contribution >= 4 is 5.91 Å². The van der Waals surface area contributed by atoms with Crippen molar-refractivity contribution in [1.82, 2.24) is 14.9 Å². The van der Waals surface area contributed by atoms with Gasteiger partial charge in [0.25, 0.3) is 0 Å². The number of hydrogen-bond donors (Lipinski definition) is 1. The Morgan fingerprint density at radius 2 is 2.24 bits per heavy atom. The van der Waals surface area contributed by atoms with Crippen molar-refractivity contribution in [3.8, 4) is 0 Å². The largest absolute Gasteiger partial charge is 0.379 e. The Hall–Kier alpha value is -2.18.